The molecule has 0 radical (unpaired) electrons. The Kier molecular flexibility index (Phi) is 3.60. The van der Waals surface area contributed by atoms with Crippen LogP contribution in [0, 0.1) is 6.92 Å². The van der Waals surface area contributed by atoms with Crippen LogP contribution in [-0.4, -0.2) is 16.9 Å². The molecule has 0 bridgehead atoms. The van der Waals surface area contributed by atoms with Crippen LogP contribution in [0.25, 0.3) is 5.69 Å². The molecule has 0 fully saturated rings. The fraction of sp³-hybridized carbons (Fsp3) is 0.250. The Morgan fingerprint density at radius 1 is 1.41 bits per heavy atom. The summed E-state index contributed by atoms with van der Waals surface area (Å²) in [5.41, 5.74) is 2.55. The van der Waals surface area contributed by atoms with E-state index in [1.54, 1.807) is 11.8 Å². The molecule has 2 aromatic rings. The van der Waals surface area contributed by atoms with Crippen molar-refractivity contribution in [3.63, 3.8) is 0 Å². The third kappa shape index (κ3) is 2.26. The second-order valence-electron chi connectivity index (χ2n) is 3.60. The van der Waals surface area contributed by atoms with E-state index in [1.807, 2.05) is 31.2 Å². The summed E-state index contributed by atoms with van der Waals surface area (Å²) in [5.74, 6) is 1.12. The van der Waals surface area contributed by atoms with Gasteiger partial charge in [0.2, 0.25) is 0 Å². The first kappa shape index (κ1) is 12.3. The number of rotatable bonds is 3. The number of alkyl halides is 1. The molecule has 0 spiro atoms. The highest BCUT2D eigenvalue weighted by molar-refractivity contribution is 6.31. The fourth-order valence-corrected chi connectivity index (χ4v) is 2.32. The summed E-state index contributed by atoms with van der Waals surface area (Å²) in [5, 5.41) is 4.92. The van der Waals surface area contributed by atoms with Gasteiger partial charge in [0, 0.05) is 11.6 Å². The van der Waals surface area contributed by atoms with E-state index in [4.69, 9.17) is 27.9 Å². The number of methoxy groups -OCH3 is 1. The first-order chi connectivity index (χ1) is 8.17. The van der Waals surface area contributed by atoms with E-state index in [9.17, 15) is 0 Å². The number of nitrogens with zero attached hydrogens (tertiary/aromatic N) is 2. The Bertz CT molecular complexity index is 537. The summed E-state index contributed by atoms with van der Waals surface area (Å²) in [4.78, 5) is 0. The maximum atomic E-state index is 6.24. The molecule has 1 heterocycles. The molecule has 0 atom stereocenters. The quantitative estimate of drug-likeness (QED) is 0.798. The first-order valence-corrected chi connectivity index (χ1v) is 6.03. The van der Waals surface area contributed by atoms with E-state index >= 15 is 0 Å². The van der Waals surface area contributed by atoms with Crippen molar-refractivity contribution in [1.29, 1.82) is 0 Å². The average molecular weight is 271 g/mol. The maximum absolute atomic E-state index is 6.24. The minimum atomic E-state index is 0.356. The van der Waals surface area contributed by atoms with Crippen molar-refractivity contribution in [2.45, 2.75) is 12.8 Å². The molecule has 90 valence electrons. The number of hydrogen-bond acceptors (Lipinski definition) is 2. The topological polar surface area (TPSA) is 27.1 Å². The summed E-state index contributed by atoms with van der Waals surface area (Å²) in [6.07, 6.45) is 0. The highest BCUT2D eigenvalue weighted by Crippen LogP contribution is 2.26. The van der Waals surface area contributed by atoms with Gasteiger partial charge < -0.3 is 4.74 Å². The van der Waals surface area contributed by atoms with Gasteiger partial charge >= 0.3 is 0 Å². The summed E-state index contributed by atoms with van der Waals surface area (Å²) in [6.45, 7) is 1.89. The van der Waals surface area contributed by atoms with Crippen molar-refractivity contribution < 1.29 is 4.74 Å². The van der Waals surface area contributed by atoms with Gasteiger partial charge in [-0.05, 0) is 19.1 Å². The van der Waals surface area contributed by atoms with Gasteiger partial charge in [0.15, 0.2) is 0 Å². The third-order valence-electron chi connectivity index (χ3n) is 2.55. The predicted octanol–water partition coefficient (Wildman–Crippen LogP) is 3.58. The fourth-order valence-electron chi connectivity index (χ4n) is 1.60. The van der Waals surface area contributed by atoms with Gasteiger partial charge in [-0.2, -0.15) is 5.10 Å². The number of benzene rings is 1. The number of hydrogen-bond donors (Lipinski definition) is 0. The smallest absolute Gasteiger partial charge is 0.137 e. The minimum Gasteiger partial charge on any atom is -0.497 e. The predicted molar refractivity (Wildman–Crippen MR) is 69.4 cm³/mol. The minimum absolute atomic E-state index is 0.356. The third-order valence-corrected chi connectivity index (χ3v) is 3.21. The average Bonchev–Trinajstić information content (AvgIpc) is 2.64. The molecule has 0 aliphatic carbocycles. The second kappa shape index (κ2) is 4.98. The van der Waals surface area contributed by atoms with Gasteiger partial charge in [0.25, 0.3) is 0 Å². The Labute approximate surface area is 110 Å². The Hall–Kier alpha value is -1.19. The normalized spacial score (nSPS) is 10.6. The lowest BCUT2D eigenvalue weighted by atomic mass is 10.3. The molecule has 2 rings (SSSR count). The van der Waals surface area contributed by atoms with Crippen LogP contribution in [0.2, 0.25) is 5.15 Å². The van der Waals surface area contributed by atoms with Gasteiger partial charge in [-0.15, -0.1) is 11.6 Å². The Morgan fingerprint density at radius 2 is 2.18 bits per heavy atom. The number of ether oxygens (including phenoxy) is 1. The van der Waals surface area contributed by atoms with E-state index < -0.39 is 0 Å². The van der Waals surface area contributed by atoms with Gasteiger partial charge in [-0.25, -0.2) is 4.68 Å². The molecule has 3 nitrogen and oxygen atoms in total. The van der Waals surface area contributed by atoms with Crippen LogP contribution in [-0.2, 0) is 5.88 Å². The van der Waals surface area contributed by atoms with Gasteiger partial charge in [-0.3, -0.25) is 0 Å². The zero-order valence-corrected chi connectivity index (χ0v) is 11.1. The van der Waals surface area contributed by atoms with E-state index in [1.165, 1.54) is 0 Å². The molecule has 0 saturated carbocycles. The van der Waals surface area contributed by atoms with Crippen LogP contribution in [0.4, 0.5) is 0 Å². The molecular weight excluding hydrogens is 259 g/mol. The Balaban J connectivity index is 2.52. The largest absolute Gasteiger partial charge is 0.497 e. The van der Waals surface area contributed by atoms with Crippen molar-refractivity contribution >= 4 is 23.2 Å². The zero-order valence-electron chi connectivity index (χ0n) is 9.58. The lowest BCUT2D eigenvalue weighted by Gasteiger charge is -2.05. The first-order valence-electron chi connectivity index (χ1n) is 5.11. The molecule has 1 aromatic heterocycles. The lowest BCUT2D eigenvalue weighted by Crippen LogP contribution is -1.97. The molecule has 0 unspecified atom stereocenters. The van der Waals surface area contributed by atoms with E-state index in [0.29, 0.717) is 11.0 Å². The summed E-state index contributed by atoms with van der Waals surface area (Å²) >= 11 is 12.1. The van der Waals surface area contributed by atoms with Crippen LogP contribution in [0.3, 0.4) is 0 Å². The number of halogens is 2. The van der Waals surface area contributed by atoms with Crippen molar-refractivity contribution in [2.24, 2.45) is 0 Å². The monoisotopic (exact) mass is 270 g/mol. The van der Waals surface area contributed by atoms with E-state index in [2.05, 4.69) is 5.10 Å². The van der Waals surface area contributed by atoms with Gasteiger partial charge in [0.05, 0.1) is 24.4 Å². The lowest BCUT2D eigenvalue weighted by molar-refractivity contribution is 0.414. The highest BCUT2D eigenvalue weighted by Gasteiger charge is 2.13. The molecule has 0 N–H and O–H groups in total. The SMILES string of the molecule is COc1cccc(-n2nc(C)c(CCl)c2Cl)c1. The van der Waals surface area contributed by atoms with Crippen molar-refractivity contribution in [2.75, 3.05) is 7.11 Å². The van der Waals surface area contributed by atoms with Crippen LogP contribution in [0.5, 0.6) is 5.75 Å². The summed E-state index contributed by atoms with van der Waals surface area (Å²) in [7, 11) is 1.62. The summed E-state index contributed by atoms with van der Waals surface area (Å²) < 4.78 is 6.83. The van der Waals surface area contributed by atoms with Crippen molar-refractivity contribution in [3.05, 3.63) is 40.7 Å². The molecule has 0 saturated heterocycles. The van der Waals surface area contributed by atoms with E-state index in [0.717, 1.165) is 22.7 Å². The van der Waals surface area contributed by atoms with Crippen molar-refractivity contribution in [3.8, 4) is 11.4 Å². The summed E-state index contributed by atoms with van der Waals surface area (Å²) in [6, 6.07) is 7.55. The van der Waals surface area contributed by atoms with Gasteiger partial charge in [0.1, 0.15) is 10.9 Å². The molecule has 5 heteroatoms. The van der Waals surface area contributed by atoms with Crippen molar-refractivity contribution in [1.82, 2.24) is 9.78 Å². The molecular formula is C12H12Cl2N2O. The standard InChI is InChI=1S/C12H12Cl2N2O/c1-8-11(7-13)12(14)16(15-8)9-4-3-5-10(6-9)17-2/h3-6H,7H2,1-2H3. The molecule has 17 heavy (non-hydrogen) atoms. The van der Waals surface area contributed by atoms with E-state index in [-0.39, 0.29) is 0 Å². The number of aromatic nitrogens is 2. The van der Waals surface area contributed by atoms with Crippen LogP contribution in [0.15, 0.2) is 24.3 Å². The molecule has 0 aliphatic rings. The van der Waals surface area contributed by atoms with Gasteiger partial charge in [-0.1, -0.05) is 17.7 Å². The second-order valence-corrected chi connectivity index (χ2v) is 4.23. The van der Waals surface area contributed by atoms with Crippen LogP contribution >= 0.6 is 23.2 Å². The molecule has 0 aliphatic heterocycles. The van der Waals surface area contributed by atoms with Crippen LogP contribution in [0.1, 0.15) is 11.3 Å². The highest BCUT2D eigenvalue weighted by atomic mass is 35.5. The molecule has 1 aromatic carbocycles. The Morgan fingerprint density at radius 3 is 2.76 bits per heavy atom. The molecule has 0 amide bonds. The van der Waals surface area contributed by atoms with Crippen LogP contribution < -0.4 is 4.74 Å². The maximum Gasteiger partial charge on any atom is 0.137 e. The zero-order chi connectivity index (χ0) is 12.4. The number of aryl methyl sites for hydroxylation is 1.